The fourth-order valence-electron chi connectivity index (χ4n) is 1.15. The smallest absolute Gasteiger partial charge is 0.264 e. The Bertz CT molecular complexity index is 302. The predicted molar refractivity (Wildman–Crippen MR) is 50.7 cm³/mol. The van der Waals surface area contributed by atoms with E-state index >= 15 is 0 Å². The van der Waals surface area contributed by atoms with Crippen molar-refractivity contribution in [1.82, 2.24) is 0 Å². The number of hydrogen-bond donors (Lipinski definition) is 1. The van der Waals surface area contributed by atoms with Crippen molar-refractivity contribution in [3.05, 3.63) is 29.8 Å². The predicted octanol–water partition coefficient (Wildman–Crippen LogP) is 1.83. The second-order valence-electron chi connectivity index (χ2n) is 3.09. The monoisotopic (exact) mass is 201 g/mol. The molecule has 0 saturated heterocycles. The summed E-state index contributed by atoms with van der Waals surface area (Å²) >= 11 is 0. The van der Waals surface area contributed by atoms with E-state index in [1.54, 1.807) is 24.3 Å². The van der Waals surface area contributed by atoms with E-state index in [9.17, 15) is 8.78 Å². The zero-order chi connectivity index (χ0) is 10.6. The van der Waals surface area contributed by atoms with Crippen LogP contribution in [0.25, 0.3) is 0 Å². The number of alkyl halides is 2. The summed E-state index contributed by atoms with van der Waals surface area (Å²) in [6.45, 7) is -0.635. The average molecular weight is 201 g/mol. The molecule has 0 spiro atoms. The topological polar surface area (TPSA) is 35.2 Å². The fourth-order valence-corrected chi connectivity index (χ4v) is 1.15. The largest absolute Gasteiger partial charge is 0.497 e. The van der Waals surface area contributed by atoms with Crippen LogP contribution in [0, 0.1) is 0 Å². The van der Waals surface area contributed by atoms with Crippen LogP contribution in [0.5, 0.6) is 5.75 Å². The number of halogens is 2. The quantitative estimate of drug-likeness (QED) is 0.806. The van der Waals surface area contributed by atoms with Gasteiger partial charge >= 0.3 is 0 Å². The normalized spacial score (nSPS) is 11.4. The van der Waals surface area contributed by atoms with E-state index in [-0.39, 0.29) is 6.42 Å². The lowest BCUT2D eigenvalue weighted by molar-refractivity contribution is 0.0115. The Morgan fingerprint density at radius 3 is 2.71 bits per heavy atom. The molecule has 0 heterocycles. The Kier molecular flexibility index (Phi) is 3.41. The summed E-state index contributed by atoms with van der Waals surface area (Å²) in [6.07, 6.45) is -0.347. The zero-order valence-electron chi connectivity index (χ0n) is 7.97. The van der Waals surface area contributed by atoms with Crippen molar-refractivity contribution < 1.29 is 13.5 Å². The van der Waals surface area contributed by atoms with E-state index in [0.29, 0.717) is 11.3 Å². The lowest BCUT2D eigenvalue weighted by atomic mass is 10.1. The van der Waals surface area contributed by atoms with Gasteiger partial charge in [0.1, 0.15) is 5.75 Å². The first-order valence-electron chi connectivity index (χ1n) is 4.28. The number of benzene rings is 1. The molecule has 2 nitrogen and oxygen atoms in total. The second kappa shape index (κ2) is 4.37. The minimum absolute atomic E-state index is 0.347. The lowest BCUT2D eigenvalue weighted by Gasteiger charge is -2.13. The molecule has 4 heteroatoms. The molecule has 0 aliphatic heterocycles. The summed E-state index contributed by atoms with van der Waals surface area (Å²) in [5.74, 6) is -2.26. The lowest BCUT2D eigenvalue weighted by Crippen LogP contribution is -2.30. The standard InChI is InChI=1S/C10H13F2NO/c1-14-9-4-2-3-8(5-9)6-10(11,12)7-13/h2-5H,6-7,13H2,1H3. The van der Waals surface area contributed by atoms with Crippen molar-refractivity contribution in [2.45, 2.75) is 12.3 Å². The fraction of sp³-hybridized carbons (Fsp3) is 0.400. The molecule has 0 saturated carbocycles. The first-order valence-corrected chi connectivity index (χ1v) is 4.28. The zero-order valence-corrected chi connectivity index (χ0v) is 7.97. The highest BCUT2D eigenvalue weighted by Gasteiger charge is 2.26. The van der Waals surface area contributed by atoms with Gasteiger partial charge in [0.15, 0.2) is 0 Å². The second-order valence-corrected chi connectivity index (χ2v) is 3.09. The molecule has 2 N–H and O–H groups in total. The Morgan fingerprint density at radius 2 is 2.14 bits per heavy atom. The van der Waals surface area contributed by atoms with Crippen LogP contribution in [0.15, 0.2) is 24.3 Å². The van der Waals surface area contributed by atoms with Gasteiger partial charge in [0.05, 0.1) is 13.7 Å². The summed E-state index contributed by atoms with van der Waals surface area (Å²) in [5, 5.41) is 0. The van der Waals surface area contributed by atoms with Crippen molar-refractivity contribution in [3.63, 3.8) is 0 Å². The van der Waals surface area contributed by atoms with Gasteiger partial charge in [-0.05, 0) is 17.7 Å². The number of hydrogen-bond acceptors (Lipinski definition) is 2. The van der Waals surface area contributed by atoms with Gasteiger partial charge in [0, 0.05) is 6.42 Å². The van der Waals surface area contributed by atoms with E-state index in [1.807, 2.05) is 0 Å². The first kappa shape index (κ1) is 10.9. The van der Waals surface area contributed by atoms with Crippen LogP contribution in [-0.2, 0) is 6.42 Å². The highest BCUT2D eigenvalue weighted by Crippen LogP contribution is 2.21. The van der Waals surface area contributed by atoms with Crippen LogP contribution in [0.1, 0.15) is 5.56 Å². The van der Waals surface area contributed by atoms with E-state index in [0.717, 1.165) is 0 Å². The molecular weight excluding hydrogens is 188 g/mol. The van der Waals surface area contributed by atoms with Crippen LogP contribution >= 0.6 is 0 Å². The molecule has 1 aromatic carbocycles. The molecule has 0 amide bonds. The maximum Gasteiger partial charge on any atom is 0.264 e. The van der Waals surface area contributed by atoms with Gasteiger partial charge in [0.2, 0.25) is 0 Å². The SMILES string of the molecule is COc1cccc(CC(F)(F)CN)c1. The number of rotatable bonds is 4. The van der Waals surface area contributed by atoms with Crippen molar-refractivity contribution in [2.24, 2.45) is 5.73 Å². The van der Waals surface area contributed by atoms with Gasteiger partial charge in [-0.3, -0.25) is 0 Å². The summed E-state index contributed by atoms with van der Waals surface area (Å²) < 4.78 is 30.7. The van der Waals surface area contributed by atoms with Crippen LogP contribution in [0.4, 0.5) is 8.78 Å². The molecule has 0 unspecified atom stereocenters. The Morgan fingerprint density at radius 1 is 1.43 bits per heavy atom. The summed E-state index contributed by atoms with van der Waals surface area (Å²) in [5.41, 5.74) is 5.47. The summed E-state index contributed by atoms with van der Waals surface area (Å²) in [4.78, 5) is 0. The van der Waals surface area contributed by atoms with Crippen LogP contribution < -0.4 is 10.5 Å². The molecule has 0 fully saturated rings. The van der Waals surface area contributed by atoms with Crippen LogP contribution in [0.2, 0.25) is 0 Å². The third-order valence-electron chi connectivity index (χ3n) is 1.90. The van der Waals surface area contributed by atoms with Gasteiger partial charge in [-0.15, -0.1) is 0 Å². The number of nitrogens with two attached hydrogens (primary N) is 1. The van der Waals surface area contributed by atoms with E-state index < -0.39 is 12.5 Å². The molecule has 0 radical (unpaired) electrons. The highest BCUT2D eigenvalue weighted by molar-refractivity contribution is 5.29. The third-order valence-corrected chi connectivity index (χ3v) is 1.90. The first-order chi connectivity index (χ1) is 6.57. The third kappa shape index (κ3) is 2.96. The molecule has 1 aromatic rings. The Hall–Kier alpha value is -1.16. The van der Waals surface area contributed by atoms with Gasteiger partial charge in [0.25, 0.3) is 5.92 Å². The molecule has 1 rings (SSSR count). The van der Waals surface area contributed by atoms with Crippen molar-refractivity contribution in [3.8, 4) is 5.75 Å². The molecular formula is C10H13F2NO. The summed E-state index contributed by atoms with van der Waals surface area (Å²) in [7, 11) is 1.50. The van der Waals surface area contributed by atoms with E-state index in [1.165, 1.54) is 7.11 Å². The molecule has 0 bridgehead atoms. The van der Waals surface area contributed by atoms with Gasteiger partial charge < -0.3 is 10.5 Å². The van der Waals surface area contributed by atoms with E-state index in [2.05, 4.69) is 0 Å². The molecule has 0 aliphatic carbocycles. The van der Waals surface area contributed by atoms with Crippen LogP contribution in [0.3, 0.4) is 0 Å². The van der Waals surface area contributed by atoms with Crippen molar-refractivity contribution in [1.29, 1.82) is 0 Å². The number of ether oxygens (including phenoxy) is 1. The van der Waals surface area contributed by atoms with Gasteiger partial charge in [-0.1, -0.05) is 12.1 Å². The average Bonchev–Trinajstić information content (AvgIpc) is 2.17. The van der Waals surface area contributed by atoms with Gasteiger partial charge in [-0.2, -0.15) is 0 Å². The molecule has 0 aliphatic rings. The molecule has 0 atom stereocenters. The van der Waals surface area contributed by atoms with Crippen molar-refractivity contribution in [2.75, 3.05) is 13.7 Å². The number of methoxy groups -OCH3 is 1. The summed E-state index contributed by atoms with van der Waals surface area (Å²) in [6, 6.07) is 6.61. The maximum atomic E-state index is 12.9. The Balaban J connectivity index is 2.76. The maximum absolute atomic E-state index is 12.9. The molecule has 0 aromatic heterocycles. The molecule has 78 valence electrons. The minimum atomic E-state index is -2.84. The Labute approximate surface area is 81.7 Å². The highest BCUT2D eigenvalue weighted by atomic mass is 19.3. The molecule has 14 heavy (non-hydrogen) atoms. The minimum Gasteiger partial charge on any atom is -0.497 e. The van der Waals surface area contributed by atoms with Gasteiger partial charge in [-0.25, -0.2) is 8.78 Å². The van der Waals surface area contributed by atoms with Crippen molar-refractivity contribution >= 4 is 0 Å². The van der Waals surface area contributed by atoms with E-state index in [4.69, 9.17) is 10.5 Å². The van der Waals surface area contributed by atoms with Crippen LogP contribution in [-0.4, -0.2) is 19.6 Å².